The van der Waals surface area contributed by atoms with Crippen LogP contribution in [-0.4, -0.2) is 49.4 Å². The number of hydrogen-bond acceptors (Lipinski definition) is 4. The number of nitrogens with zero attached hydrogens (tertiary/aromatic N) is 2. The van der Waals surface area contributed by atoms with Crippen LogP contribution in [0.3, 0.4) is 0 Å². The lowest BCUT2D eigenvalue weighted by atomic mass is 10.1. The van der Waals surface area contributed by atoms with Crippen molar-refractivity contribution in [1.29, 1.82) is 0 Å². The Kier molecular flexibility index (Phi) is 4.17. The second-order valence-corrected chi connectivity index (χ2v) is 6.95. The lowest BCUT2D eigenvalue weighted by Gasteiger charge is -2.29. The molecule has 1 unspecified atom stereocenters. The van der Waals surface area contributed by atoms with Gasteiger partial charge < -0.3 is 15.6 Å². The van der Waals surface area contributed by atoms with E-state index in [-0.39, 0.29) is 16.8 Å². The lowest BCUT2D eigenvalue weighted by molar-refractivity contribution is 0.0955. The van der Waals surface area contributed by atoms with Gasteiger partial charge in [-0.3, -0.25) is 4.79 Å². The first kappa shape index (κ1) is 15.0. The summed E-state index contributed by atoms with van der Waals surface area (Å²) in [6.45, 7) is 0.798. The van der Waals surface area contributed by atoms with Crippen LogP contribution in [0.15, 0.2) is 17.2 Å². The Hall–Kier alpha value is -1.38. The number of hydrogen-bond donors (Lipinski definition) is 2. The molecule has 112 valence electrons. The monoisotopic (exact) mass is 300 g/mol. The molecule has 0 radical (unpaired) electrons. The molecule has 1 aromatic heterocycles. The Bertz CT molecular complexity index is 608. The van der Waals surface area contributed by atoms with Crippen LogP contribution < -0.4 is 11.1 Å². The van der Waals surface area contributed by atoms with E-state index in [1.165, 1.54) is 28.2 Å². The first-order valence-electron chi connectivity index (χ1n) is 6.50. The smallest absolute Gasteiger partial charge is 0.267 e. The fourth-order valence-electron chi connectivity index (χ4n) is 2.37. The first-order valence-corrected chi connectivity index (χ1v) is 7.94. The fourth-order valence-corrected chi connectivity index (χ4v) is 3.98. The zero-order valence-corrected chi connectivity index (χ0v) is 12.5. The molecule has 0 aliphatic carbocycles. The van der Waals surface area contributed by atoms with Gasteiger partial charge in [-0.15, -0.1) is 0 Å². The van der Waals surface area contributed by atoms with Gasteiger partial charge in [0.1, 0.15) is 10.6 Å². The molecule has 7 nitrogen and oxygen atoms in total. The highest BCUT2D eigenvalue weighted by molar-refractivity contribution is 7.89. The number of aromatic nitrogens is 1. The van der Waals surface area contributed by atoms with Crippen molar-refractivity contribution in [3.63, 3.8) is 0 Å². The molecule has 2 heterocycles. The maximum atomic E-state index is 12.5. The third-order valence-electron chi connectivity index (χ3n) is 3.50. The second kappa shape index (κ2) is 5.55. The molecular weight excluding hydrogens is 280 g/mol. The number of nitrogens with two attached hydrogens (primary N) is 1. The highest BCUT2D eigenvalue weighted by Crippen LogP contribution is 2.21. The third-order valence-corrected chi connectivity index (χ3v) is 5.33. The molecule has 1 atom stereocenters. The van der Waals surface area contributed by atoms with Crippen molar-refractivity contribution in [2.24, 2.45) is 12.8 Å². The maximum Gasteiger partial charge on any atom is 0.267 e. The van der Waals surface area contributed by atoms with Crippen molar-refractivity contribution in [3.8, 4) is 0 Å². The van der Waals surface area contributed by atoms with E-state index >= 15 is 0 Å². The van der Waals surface area contributed by atoms with Gasteiger partial charge in [0.05, 0.1) is 0 Å². The summed E-state index contributed by atoms with van der Waals surface area (Å²) in [6.07, 6.45) is 3.06. The van der Waals surface area contributed by atoms with E-state index in [9.17, 15) is 13.2 Å². The van der Waals surface area contributed by atoms with E-state index in [1.54, 1.807) is 7.05 Å². The molecule has 0 bridgehead atoms. The SMILES string of the molecule is CNC(=O)c1cc(S(=O)(=O)N2CCCC(N)C2)cn1C. The van der Waals surface area contributed by atoms with Gasteiger partial charge in [-0.25, -0.2) is 8.42 Å². The summed E-state index contributed by atoms with van der Waals surface area (Å²) in [4.78, 5) is 11.8. The van der Waals surface area contributed by atoms with Gasteiger partial charge in [0.2, 0.25) is 10.0 Å². The number of amides is 1. The Morgan fingerprint density at radius 2 is 2.20 bits per heavy atom. The number of carbonyl (C=O) groups excluding carboxylic acids is 1. The molecule has 1 fully saturated rings. The number of nitrogens with one attached hydrogen (secondary N) is 1. The van der Waals surface area contributed by atoms with Gasteiger partial charge >= 0.3 is 0 Å². The number of rotatable bonds is 3. The predicted molar refractivity (Wildman–Crippen MR) is 74.8 cm³/mol. The van der Waals surface area contributed by atoms with Crippen molar-refractivity contribution in [2.75, 3.05) is 20.1 Å². The first-order chi connectivity index (χ1) is 9.36. The van der Waals surface area contributed by atoms with Gasteiger partial charge in [0.25, 0.3) is 5.91 Å². The van der Waals surface area contributed by atoms with Crippen LogP contribution in [0.2, 0.25) is 0 Å². The number of piperidine rings is 1. The summed E-state index contributed by atoms with van der Waals surface area (Å²) < 4.78 is 28.0. The predicted octanol–water partition coefficient (Wildman–Crippen LogP) is -0.503. The molecule has 0 saturated carbocycles. The Labute approximate surface area is 118 Å². The average molecular weight is 300 g/mol. The number of carbonyl (C=O) groups is 1. The molecule has 3 N–H and O–H groups in total. The summed E-state index contributed by atoms with van der Waals surface area (Å²) in [5.41, 5.74) is 6.14. The van der Waals surface area contributed by atoms with Crippen molar-refractivity contribution in [3.05, 3.63) is 18.0 Å². The molecule has 0 aromatic carbocycles. The molecule has 8 heteroatoms. The number of aryl methyl sites for hydroxylation is 1. The Morgan fingerprint density at radius 3 is 2.80 bits per heavy atom. The maximum absolute atomic E-state index is 12.5. The van der Waals surface area contributed by atoms with Crippen molar-refractivity contribution >= 4 is 15.9 Å². The molecular formula is C12H20N4O3S. The van der Waals surface area contributed by atoms with Gasteiger partial charge in [0.15, 0.2) is 0 Å². The van der Waals surface area contributed by atoms with Crippen molar-refractivity contribution in [1.82, 2.24) is 14.2 Å². The van der Waals surface area contributed by atoms with Crippen LogP contribution >= 0.6 is 0 Å². The highest BCUT2D eigenvalue weighted by atomic mass is 32.2. The molecule has 1 amide bonds. The van der Waals surface area contributed by atoms with Crippen molar-refractivity contribution in [2.45, 2.75) is 23.8 Å². The summed E-state index contributed by atoms with van der Waals surface area (Å²) in [5.74, 6) is -0.315. The fraction of sp³-hybridized carbons (Fsp3) is 0.583. The van der Waals surface area contributed by atoms with E-state index in [0.717, 1.165) is 12.8 Å². The molecule has 2 rings (SSSR count). The number of sulfonamides is 1. The highest BCUT2D eigenvalue weighted by Gasteiger charge is 2.30. The van der Waals surface area contributed by atoms with Crippen LogP contribution in [0.5, 0.6) is 0 Å². The van der Waals surface area contributed by atoms with Crippen LogP contribution in [0.4, 0.5) is 0 Å². The van der Waals surface area contributed by atoms with E-state index in [1.807, 2.05) is 0 Å². The van der Waals surface area contributed by atoms with Crippen LogP contribution in [0.1, 0.15) is 23.3 Å². The zero-order chi connectivity index (χ0) is 14.9. The van der Waals surface area contributed by atoms with Crippen LogP contribution in [-0.2, 0) is 17.1 Å². The quantitative estimate of drug-likeness (QED) is 0.786. The summed E-state index contributed by atoms with van der Waals surface area (Å²) >= 11 is 0. The summed E-state index contributed by atoms with van der Waals surface area (Å²) in [6, 6.07) is 1.27. The van der Waals surface area contributed by atoms with Gasteiger partial charge in [-0.1, -0.05) is 0 Å². The lowest BCUT2D eigenvalue weighted by Crippen LogP contribution is -2.45. The molecule has 0 spiro atoms. The van der Waals surface area contributed by atoms with E-state index < -0.39 is 10.0 Å². The topological polar surface area (TPSA) is 97.4 Å². The average Bonchev–Trinajstić information content (AvgIpc) is 2.80. The summed E-state index contributed by atoms with van der Waals surface area (Å²) in [5, 5.41) is 2.49. The van der Waals surface area contributed by atoms with E-state index in [4.69, 9.17) is 5.73 Å². The largest absolute Gasteiger partial charge is 0.354 e. The molecule has 1 aliphatic heterocycles. The third kappa shape index (κ3) is 2.72. The van der Waals surface area contributed by atoms with Crippen LogP contribution in [0.25, 0.3) is 0 Å². The Balaban J connectivity index is 2.32. The van der Waals surface area contributed by atoms with Gasteiger partial charge in [-0.2, -0.15) is 4.31 Å². The molecule has 20 heavy (non-hydrogen) atoms. The minimum Gasteiger partial charge on any atom is -0.354 e. The molecule has 1 aliphatic rings. The van der Waals surface area contributed by atoms with Gasteiger partial charge in [0, 0.05) is 39.4 Å². The van der Waals surface area contributed by atoms with Crippen LogP contribution in [0, 0.1) is 0 Å². The summed E-state index contributed by atoms with van der Waals surface area (Å²) in [7, 11) is -0.434. The Morgan fingerprint density at radius 1 is 1.50 bits per heavy atom. The normalized spacial score (nSPS) is 20.9. The van der Waals surface area contributed by atoms with E-state index in [2.05, 4.69) is 5.32 Å². The minimum atomic E-state index is -3.59. The molecule has 1 saturated heterocycles. The minimum absolute atomic E-state index is 0.124. The van der Waals surface area contributed by atoms with E-state index in [0.29, 0.717) is 18.8 Å². The zero-order valence-electron chi connectivity index (χ0n) is 11.7. The van der Waals surface area contributed by atoms with Gasteiger partial charge in [-0.05, 0) is 18.9 Å². The standard InChI is InChI=1S/C12H20N4O3S/c1-14-12(17)11-6-10(8-15(11)2)20(18,19)16-5-3-4-9(13)7-16/h6,8-9H,3-5,7,13H2,1-2H3,(H,14,17). The molecule has 1 aromatic rings. The van der Waals surface area contributed by atoms with Crippen molar-refractivity contribution < 1.29 is 13.2 Å². The second-order valence-electron chi connectivity index (χ2n) is 5.02.